The molecule has 1 atom stereocenters. The minimum absolute atomic E-state index is 0.119. The maximum atomic E-state index is 12.5. The molecular weight excluding hydrogens is 312 g/mol. The number of carbonyl (C=O) groups is 1. The summed E-state index contributed by atoms with van der Waals surface area (Å²) in [6.45, 7) is 4.54. The molecule has 1 unspecified atom stereocenters. The van der Waals surface area contributed by atoms with Crippen LogP contribution in [-0.4, -0.2) is 52.1 Å². The van der Waals surface area contributed by atoms with E-state index in [1.807, 2.05) is 23.3 Å². The van der Waals surface area contributed by atoms with Crippen LogP contribution in [0.2, 0.25) is 0 Å². The summed E-state index contributed by atoms with van der Waals surface area (Å²) in [6.07, 6.45) is 4.46. The zero-order valence-electron chi connectivity index (χ0n) is 13.1. The third-order valence-electron chi connectivity index (χ3n) is 3.83. The second-order valence-electron chi connectivity index (χ2n) is 5.72. The van der Waals surface area contributed by atoms with Gasteiger partial charge in [0.1, 0.15) is 6.33 Å². The fraction of sp³-hybridized carbons (Fsp3) is 0.500. The SMILES string of the molecule is Cc1nc(CC(=O)N2CCOCC(Cc3ccncn3)C2)cs1. The molecule has 0 saturated carbocycles. The highest BCUT2D eigenvalue weighted by Gasteiger charge is 2.23. The van der Waals surface area contributed by atoms with E-state index >= 15 is 0 Å². The van der Waals surface area contributed by atoms with Crippen LogP contribution in [0.1, 0.15) is 16.4 Å². The first-order valence-corrected chi connectivity index (χ1v) is 8.60. The molecule has 0 N–H and O–H groups in total. The van der Waals surface area contributed by atoms with Gasteiger partial charge in [-0.2, -0.15) is 0 Å². The Balaban J connectivity index is 1.61. The van der Waals surface area contributed by atoms with Gasteiger partial charge in [-0.05, 0) is 19.4 Å². The molecule has 122 valence electrons. The number of aromatic nitrogens is 3. The Labute approximate surface area is 139 Å². The first-order chi connectivity index (χ1) is 11.2. The van der Waals surface area contributed by atoms with E-state index in [0.717, 1.165) is 22.8 Å². The predicted octanol–water partition coefficient (Wildman–Crippen LogP) is 1.50. The van der Waals surface area contributed by atoms with Crippen molar-refractivity contribution in [3.8, 4) is 0 Å². The fourth-order valence-electron chi connectivity index (χ4n) is 2.72. The third kappa shape index (κ3) is 4.56. The van der Waals surface area contributed by atoms with Crippen LogP contribution >= 0.6 is 11.3 Å². The molecular formula is C16H20N4O2S. The molecule has 0 bridgehead atoms. The van der Waals surface area contributed by atoms with E-state index in [4.69, 9.17) is 4.74 Å². The molecule has 2 aromatic heterocycles. The monoisotopic (exact) mass is 332 g/mol. The fourth-order valence-corrected chi connectivity index (χ4v) is 3.33. The van der Waals surface area contributed by atoms with Gasteiger partial charge in [-0.25, -0.2) is 15.0 Å². The van der Waals surface area contributed by atoms with Gasteiger partial charge < -0.3 is 9.64 Å². The summed E-state index contributed by atoms with van der Waals surface area (Å²) < 4.78 is 5.66. The number of hydrogen-bond acceptors (Lipinski definition) is 6. The van der Waals surface area contributed by atoms with Crippen molar-refractivity contribution in [2.75, 3.05) is 26.3 Å². The van der Waals surface area contributed by atoms with Crippen LogP contribution < -0.4 is 0 Å². The standard InChI is InChI=1S/C16H20N4O2S/c1-12-19-15(10-23-12)7-16(21)20-4-5-22-9-13(8-20)6-14-2-3-17-11-18-14/h2-3,10-11,13H,4-9H2,1H3. The molecule has 3 rings (SSSR count). The van der Waals surface area contributed by atoms with E-state index in [0.29, 0.717) is 32.7 Å². The van der Waals surface area contributed by atoms with Gasteiger partial charge >= 0.3 is 0 Å². The number of carbonyl (C=O) groups excluding carboxylic acids is 1. The number of nitrogens with zero attached hydrogens (tertiary/aromatic N) is 4. The van der Waals surface area contributed by atoms with E-state index < -0.39 is 0 Å². The van der Waals surface area contributed by atoms with Crippen molar-refractivity contribution in [2.24, 2.45) is 5.92 Å². The van der Waals surface area contributed by atoms with Gasteiger partial charge in [0, 0.05) is 36.3 Å². The molecule has 0 aliphatic carbocycles. The van der Waals surface area contributed by atoms with Gasteiger partial charge in [0.15, 0.2) is 0 Å². The van der Waals surface area contributed by atoms with Crippen LogP contribution in [0.4, 0.5) is 0 Å². The molecule has 0 spiro atoms. The van der Waals surface area contributed by atoms with Gasteiger partial charge in [0.2, 0.25) is 5.91 Å². The van der Waals surface area contributed by atoms with Crippen LogP contribution in [0.3, 0.4) is 0 Å². The smallest absolute Gasteiger partial charge is 0.228 e. The average Bonchev–Trinajstić information content (AvgIpc) is 2.82. The lowest BCUT2D eigenvalue weighted by Crippen LogP contribution is -2.37. The number of ether oxygens (including phenoxy) is 1. The highest BCUT2D eigenvalue weighted by Crippen LogP contribution is 2.15. The summed E-state index contributed by atoms with van der Waals surface area (Å²) in [6, 6.07) is 1.91. The van der Waals surface area contributed by atoms with Gasteiger partial charge in [-0.15, -0.1) is 11.3 Å². The summed E-state index contributed by atoms with van der Waals surface area (Å²) in [7, 11) is 0. The number of hydrogen-bond donors (Lipinski definition) is 0. The molecule has 3 heterocycles. The highest BCUT2D eigenvalue weighted by atomic mass is 32.1. The highest BCUT2D eigenvalue weighted by molar-refractivity contribution is 7.09. The lowest BCUT2D eigenvalue weighted by molar-refractivity contribution is -0.130. The van der Waals surface area contributed by atoms with Crippen molar-refractivity contribution in [2.45, 2.75) is 19.8 Å². The summed E-state index contributed by atoms with van der Waals surface area (Å²) >= 11 is 1.58. The first kappa shape index (κ1) is 16.0. The molecule has 0 radical (unpaired) electrons. The third-order valence-corrected chi connectivity index (χ3v) is 4.65. The minimum Gasteiger partial charge on any atom is -0.379 e. The molecule has 23 heavy (non-hydrogen) atoms. The average molecular weight is 332 g/mol. The van der Waals surface area contributed by atoms with E-state index in [1.165, 1.54) is 0 Å². The predicted molar refractivity (Wildman–Crippen MR) is 87.2 cm³/mol. The lowest BCUT2D eigenvalue weighted by Gasteiger charge is -2.23. The second kappa shape index (κ2) is 7.61. The van der Waals surface area contributed by atoms with Crippen LogP contribution in [0, 0.1) is 12.8 Å². The van der Waals surface area contributed by atoms with Crippen LogP contribution in [-0.2, 0) is 22.4 Å². The Morgan fingerprint density at radius 3 is 3.13 bits per heavy atom. The molecule has 6 nitrogen and oxygen atoms in total. The number of aryl methyl sites for hydroxylation is 1. The molecule has 2 aromatic rings. The van der Waals surface area contributed by atoms with Gasteiger partial charge in [-0.1, -0.05) is 0 Å². The quantitative estimate of drug-likeness (QED) is 0.849. The van der Waals surface area contributed by atoms with Crippen molar-refractivity contribution in [1.29, 1.82) is 0 Å². The lowest BCUT2D eigenvalue weighted by atomic mass is 10.0. The molecule has 1 saturated heterocycles. The Bertz CT molecular complexity index is 647. The molecule has 7 heteroatoms. The molecule has 1 fully saturated rings. The summed E-state index contributed by atoms with van der Waals surface area (Å²) in [5, 5.41) is 2.95. The van der Waals surface area contributed by atoms with Crippen molar-refractivity contribution in [3.05, 3.63) is 40.4 Å². The van der Waals surface area contributed by atoms with Crippen molar-refractivity contribution in [3.63, 3.8) is 0 Å². The van der Waals surface area contributed by atoms with Crippen molar-refractivity contribution >= 4 is 17.2 Å². The minimum atomic E-state index is 0.119. The van der Waals surface area contributed by atoms with Crippen LogP contribution in [0.5, 0.6) is 0 Å². The zero-order valence-corrected chi connectivity index (χ0v) is 14.0. The zero-order chi connectivity index (χ0) is 16.1. The van der Waals surface area contributed by atoms with Crippen LogP contribution in [0.25, 0.3) is 0 Å². The Morgan fingerprint density at radius 1 is 1.48 bits per heavy atom. The summed E-state index contributed by atoms with van der Waals surface area (Å²) in [5.74, 6) is 0.377. The molecule has 1 aliphatic rings. The Morgan fingerprint density at radius 2 is 2.39 bits per heavy atom. The normalized spacial score (nSPS) is 18.7. The van der Waals surface area contributed by atoms with Gasteiger partial charge in [-0.3, -0.25) is 4.79 Å². The molecule has 1 aliphatic heterocycles. The maximum Gasteiger partial charge on any atom is 0.228 e. The molecule has 1 amide bonds. The van der Waals surface area contributed by atoms with E-state index in [1.54, 1.807) is 23.9 Å². The van der Waals surface area contributed by atoms with E-state index in [9.17, 15) is 4.79 Å². The van der Waals surface area contributed by atoms with Crippen molar-refractivity contribution < 1.29 is 9.53 Å². The number of thiazole rings is 1. The van der Waals surface area contributed by atoms with Gasteiger partial charge in [0.05, 0.1) is 30.3 Å². The van der Waals surface area contributed by atoms with Gasteiger partial charge in [0.25, 0.3) is 0 Å². The second-order valence-corrected chi connectivity index (χ2v) is 6.78. The first-order valence-electron chi connectivity index (χ1n) is 7.72. The largest absolute Gasteiger partial charge is 0.379 e. The summed E-state index contributed by atoms with van der Waals surface area (Å²) in [4.78, 5) is 27.0. The van der Waals surface area contributed by atoms with Crippen LogP contribution in [0.15, 0.2) is 24.0 Å². The van der Waals surface area contributed by atoms with E-state index in [2.05, 4.69) is 15.0 Å². The van der Waals surface area contributed by atoms with E-state index in [-0.39, 0.29) is 11.8 Å². The Hall–Kier alpha value is -1.86. The maximum absolute atomic E-state index is 12.5. The number of amides is 1. The van der Waals surface area contributed by atoms with Crippen molar-refractivity contribution in [1.82, 2.24) is 19.9 Å². The Kier molecular flexibility index (Phi) is 5.30. The topological polar surface area (TPSA) is 68.2 Å². The summed E-state index contributed by atoms with van der Waals surface area (Å²) in [5.41, 5.74) is 1.84. The number of rotatable bonds is 4. The molecule has 0 aromatic carbocycles.